The van der Waals surface area contributed by atoms with Crippen molar-refractivity contribution in [1.29, 1.82) is 0 Å². The minimum Gasteiger partial charge on any atom is -0.268 e. The van der Waals surface area contributed by atoms with E-state index in [2.05, 4.69) is 50.9 Å². The van der Waals surface area contributed by atoms with Gasteiger partial charge in [-0.3, -0.25) is 9.36 Å². The van der Waals surface area contributed by atoms with Crippen LogP contribution in [0.2, 0.25) is 0 Å². The lowest BCUT2D eigenvalue weighted by Gasteiger charge is -2.23. The SMILES string of the molecule is CCc1nc2cc(F)c(I)cc2c(=O)n1-c1c(C(C)C)cccc1C(C)C. The number of hydrogen-bond acceptors (Lipinski definition) is 2. The van der Waals surface area contributed by atoms with Crippen molar-refractivity contribution >= 4 is 33.5 Å². The third-order valence-corrected chi connectivity index (χ3v) is 5.69. The zero-order valence-electron chi connectivity index (χ0n) is 16.3. The Kier molecular flexibility index (Phi) is 5.70. The molecule has 0 atom stereocenters. The maximum absolute atomic E-state index is 14.0. The standard InChI is InChI=1S/C22H24FIN2O/c1-6-20-25-19-11-17(23)18(24)10-16(19)22(27)26(20)21-14(12(2)3)8-7-9-15(21)13(4)5/h7-13H,6H2,1-5H3. The average molecular weight is 478 g/mol. The molecule has 0 fully saturated rings. The van der Waals surface area contributed by atoms with Gasteiger partial charge in [0.2, 0.25) is 0 Å². The Morgan fingerprint density at radius 3 is 2.22 bits per heavy atom. The molecule has 5 heteroatoms. The number of halogens is 2. The Bertz CT molecular complexity index is 1040. The van der Waals surface area contributed by atoms with Crippen molar-refractivity contribution in [1.82, 2.24) is 9.55 Å². The average Bonchev–Trinajstić information content (AvgIpc) is 2.62. The fourth-order valence-electron chi connectivity index (χ4n) is 3.46. The summed E-state index contributed by atoms with van der Waals surface area (Å²) in [5.41, 5.74) is 3.45. The summed E-state index contributed by atoms with van der Waals surface area (Å²) in [5, 5.41) is 0.450. The van der Waals surface area contributed by atoms with Gasteiger partial charge in [-0.1, -0.05) is 52.8 Å². The molecule has 27 heavy (non-hydrogen) atoms. The lowest BCUT2D eigenvalue weighted by Crippen LogP contribution is -2.26. The van der Waals surface area contributed by atoms with Gasteiger partial charge in [0.1, 0.15) is 11.6 Å². The third-order valence-electron chi connectivity index (χ3n) is 4.86. The molecule has 0 amide bonds. The number of aryl methyl sites for hydroxylation is 1. The second-order valence-corrected chi connectivity index (χ2v) is 8.56. The van der Waals surface area contributed by atoms with Crippen LogP contribution in [0.4, 0.5) is 4.39 Å². The van der Waals surface area contributed by atoms with Crippen molar-refractivity contribution in [2.75, 3.05) is 0 Å². The van der Waals surface area contributed by atoms with E-state index in [1.807, 2.05) is 29.5 Å². The zero-order valence-corrected chi connectivity index (χ0v) is 18.5. The second-order valence-electron chi connectivity index (χ2n) is 7.40. The van der Waals surface area contributed by atoms with Crippen molar-refractivity contribution in [2.24, 2.45) is 0 Å². The van der Waals surface area contributed by atoms with Crippen LogP contribution in [0, 0.1) is 9.39 Å². The minimum atomic E-state index is -0.347. The number of benzene rings is 2. The van der Waals surface area contributed by atoms with Crippen LogP contribution in [-0.4, -0.2) is 9.55 Å². The van der Waals surface area contributed by atoms with Gasteiger partial charge in [-0.05, 0) is 51.6 Å². The maximum Gasteiger partial charge on any atom is 0.266 e. The molecule has 0 radical (unpaired) electrons. The normalized spacial score (nSPS) is 11.7. The second kappa shape index (κ2) is 7.70. The van der Waals surface area contributed by atoms with Crippen LogP contribution >= 0.6 is 22.6 Å². The van der Waals surface area contributed by atoms with Gasteiger partial charge in [-0.2, -0.15) is 0 Å². The lowest BCUT2D eigenvalue weighted by molar-refractivity contribution is 0.621. The summed E-state index contributed by atoms with van der Waals surface area (Å²) in [5.74, 6) is 0.835. The first-order valence-corrected chi connectivity index (χ1v) is 10.4. The minimum absolute atomic E-state index is 0.134. The highest BCUT2D eigenvalue weighted by atomic mass is 127. The zero-order chi connectivity index (χ0) is 19.9. The van der Waals surface area contributed by atoms with Crippen molar-refractivity contribution < 1.29 is 4.39 Å². The van der Waals surface area contributed by atoms with E-state index in [9.17, 15) is 9.18 Å². The van der Waals surface area contributed by atoms with E-state index in [0.717, 1.165) is 16.8 Å². The topological polar surface area (TPSA) is 34.9 Å². The Morgan fingerprint density at radius 2 is 1.70 bits per heavy atom. The van der Waals surface area contributed by atoms with E-state index in [0.29, 0.717) is 26.7 Å². The van der Waals surface area contributed by atoms with E-state index in [1.165, 1.54) is 6.07 Å². The number of nitrogens with zero attached hydrogens (tertiary/aromatic N) is 2. The molecule has 0 aliphatic heterocycles. The van der Waals surface area contributed by atoms with Crippen LogP contribution in [0.5, 0.6) is 0 Å². The highest BCUT2D eigenvalue weighted by molar-refractivity contribution is 14.1. The molecule has 2 aromatic carbocycles. The van der Waals surface area contributed by atoms with Crippen LogP contribution in [0.25, 0.3) is 16.6 Å². The first kappa shape index (κ1) is 20.0. The summed E-state index contributed by atoms with van der Waals surface area (Å²) in [6, 6.07) is 9.17. The van der Waals surface area contributed by atoms with Gasteiger partial charge in [-0.15, -0.1) is 0 Å². The monoisotopic (exact) mass is 478 g/mol. The molecule has 0 spiro atoms. The fraction of sp³-hybridized carbons (Fsp3) is 0.364. The summed E-state index contributed by atoms with van der Waals surface area (Å²) in [4.78, 5) is 18.2. The van der Waals surface area contributed by atoms with Crippen molar-refractivity contribution in [3.63, 3.8) is 0 Å². The number of aromatic nitrogens is 2. The molecule has 3 rings (SSSR count). The number of rotatable bonds is 4. The molecule has 1 heterocycles. The Labute approximate surface area is 172 Å². The molecule has 142 valence electrons. The predicted molar refractivity (Wildman–Crippen MR) is 118 cm³/mol. The number of fused-ring (bicyclic) bond motifs is 1. The Morgan fingerprint density at radius 1 is 1.11 bits per heavy atom. The quantitative estimate of drug-likeness (QED) is 0.435. The lowest BCUT2D eigenvalue weighted by atomic mass is 9.92. The highest BCUT2D eigenvalue weighted by Gasteiger charge is 2.21. The summed E-state index contributed by atoms with van der Waals surface area (Å²) in [6.45, 7) is 10.5. The molecule has 0 aliphatic carbocycles. The summed E-state index contributed by atoms with van der Waals surface area (Å²) >= 11 is 1.92. The van der Waals surface area contributed by atoms with Crippen LogP contribution in [-0.2, 0) is 6.42 Å². The van der Waals surface area contributed by atoms with Gasteiger partial charge in [0.05, 0.1) is 16.6 Å². The Hall–Kier alpha value is -1.76. The van der Waals surface area contributed by atoms with Crippen LogP contribution in [0.15, 0.2) is 35.1 Å². The van der Waals surface area contributed by atoms with E-state index in [-0.39, 0.29) is 23.2 Å². The van der Waals surface area contributed by atoms with E-state index in [4.69, 9.17) is 0 Å². The molecule has 3 nitrogen and oxygen atoms in total. The maximum atomic E-state index is 14.0. The predicted octanol–water partition coefficient (Wildman–Crippen LogP) is 5.94. The molecule has 0 bridgehead atoms. The largest absolute Gasteiger partial charge is 0.268 e. The summed E-state index contributed by atoms with van der Waals surface area (Å²) < 4.78 is 16.2. The van der Waals surface area contributed by atoms with Crippen LogP contribution < -0.4 is 5.56 Å². The van der Waals surface area contributed by atoms with Crippen molar-refractivity contribution in [3.8, 4) is 5.69 Å². The first-order chi connectivity index (χ1) is 12.8. The van der Waals surface area contributed by atoms with E-state index < -0.39 is 0 Å². The first-order valence-electron chi connectivity index (χ1n) is 9.30. The van der Waals surface area contributed by atoms with Gasteiger partial charge >= 0.3 is 0 Å². The summed E-state index contributed by atoms with van der Waals surface area (Å²) in [6.07, 6.45) is 0.586. The molecular formula is C22H24FIN2O. The molecule has 0 aliphatic rings. The number of hydrogen-bond donors (Lipinski definition) is 0. The molecule has 1 aromatic heterocycles. The van der Waals surface area contributed by atoms with Crippen LogP contribution in [0.1, 0.15) is 63.4 Å². The van der Waals surface area contributed by atoms with Crippen LogP contribution in [0.3, 0.4) is 0 Å². The van der Waals surface area contributed by atoms with Crippen molar-refractivity contribution in [2.45, 2.75) is 52.9 Å². The molecule has 0 saturated heterocycles. The van der Waals surface area contributed by atoms with Gasteiger partial charge in [0.15, 0.2) is 0 Å². The molecule has 0 saturated carbocycles. The van der Waals surface area contributed by atoms with E-state index >= 15 is 0 Å². The molecular weight excluding hydrogens is 454 g/mol. The third kappa shape index (κ3) is 3.53. The number of para-hydroxylation sites is 1. The van der Waals surface area contributed by atoms with Gasteiger partial charge in [-0.25, -0.2) is 9.37 Å². The van der Waals surface area contributed by atoms with Gasteiger partial charge < -0.3 is 0 Å². The summed E-state index contributed by atoms with van der Waals surface area (Å²) in [7, 11) is 0. The van der Waals surface area contributed by atoms with E-state index in [1.54, 1.807) is 10.6 Å². The van der Waals surface area contributed by atoms with Gasteiger partial charge in [0, 0.05) is 16.1 Å². The molecule has 3 aromatic rings. The highest BCUT2D eigenvalue weighted by Crippen LogP contribution is 2.31. The van der Waals surface area contributed by atoms with Crippen molar-refractivity contribution in [3.05, 3.63) is 67.0 Å². The Balaban J connectivity index is 2.50. The molecule has 0 N–H and O–H groups in total. The van der Waals surface area contributed by atoms with Gasteiger partial charge in [0.25, 0.3) is 5.56 Å². The fourth-order valence-corrected chi connectivity index (χ4v) is 3.93. The molecule has 0 unspecified atom stereocenters. The smallest absolute Gasteiger partial charge is 0.266 e.